The highest BCUT2D eigenvalue weighted by molar-refractivity contribution is 6.08. The van der Waals surface area contributed by atoms with Crippen LogP contribution in [0.3, 0.4) is 0 Å². The second-order valence-corrected chi connectivity index (χ2v) is 6.83. The Balaban J connectivity index is 2.06. The zero-order valence-corrected chi connectivity index (χ0v) is 16.1. The van der Waals surface area contributed by atoms with Crippen LogP contribution in [0.5, 0.6) is 5.75 Å². The van der Waals surface area contributed by atoms with E-state index in [0.29, 0.717) is 11.1 Å². The number of ether oxygens (including phenoxy) is 1. The molecule has 1 aliphatic heterocycles. The first kappa shape index (κ1) is 20.5. The molecule has 1 atom stereocenters. The van der Waals surface area contributed by atoms with Crippen molar-refractivity contribution in [3.63, 3.8) is 0 Å². The third-order valence-electron chi connectivity index (χ3n) is 4.96. The molecule has 5 nitrogen and oxygen atoms in total. The van der Waals surface area contributed by atoms with Crippen LogP contribution in [0.25, 0.3) is 0 Å². The van der Waals surface area contributed by atoms with Crippen LogP contribution in [-0.2, 0) is 16.8 Å². The van der Waals surface area contributed by atoms with Crippen molar-refractivity contribution in [1.82, 2.24) is 4.90 Å². The smallest absolute Gasteiger partial charge is 0.387 e. The summed E-state index contributed by atoms with van der Waals surface area (Å²) >= 11 is 0. The molecule has 1 heterocycles. The topological polar surface area (TPSA) is 67.9 Å². The van der Waals surface area contributed by atoms with Crippen LogP contribution in [0.1, 0.15) is 29.5 Å². The van der Waals surface area contributed by atoms with Gasteiger partial charge in [0.05, 0.1) is 0 Å². The van der Waals surface area contributed by atoms with Crippen molar-refractivity contribution in [2.75, 3.05) is 7.05 Å². The summed E-state index contributed by atoms with van der Waals surface area (Å²) in [5.41, 5.74) is 6.88. The number of hydrogen-bond donors (Lipinski definition) is 1. The molecule has 2 aromatic carbocycles. The minimum absolute atomic E-state index is 0.00725. The first-order valence-corrected chi connectivity index (χ1v) is 9.27. The first-order valence-electron chi connectivity index (χ1n) is 9.27. The standard InChI is InChI=1S/C22H23F2N3O2/c1-3-4-5-7-15-8-6-9-17(14-15)22(19(28)27(2)21(25)26-22)16-10-12-18(13-11-16)29-20(23)24/h3,6,8-14,20H,1,4-5,7H2,2H3,(H2,25,26)/t22-/m1/s1. The number of aryl methyl sites for hydroxylation is 1. The number of halogens is 2. The van der Waals surface area contributed by atoms with E-state index in [-0.39, 0.29) is 17.6 Å². The molecule has 3 rings (SSSR count). The number of benzene rings is 2. The second kappa shape index (κ2) is 8.43. The number of rotatable bonds is 8. The van der Waals surface area contributed by atoms with Gasteiger partial charge in [0.15, 0.2) is 11.5 Å². The van der Waals surface area contributed by atoms with Gasteiger partial charge < -0.3 is 10.5 Å². The normalized spacial score (nSPS) is 18.8. The Kier molecular flexibility index (Phi) is 5.96. The maximum atomic E-state index is 13.2. The van der Waals surface area contributed by atoms with Crippen LogP contribution in [0.15, 0.2) is 66.2 Å². The number of carbonyl (C=O) groups is 1. The minimum Gasteiger partial charge on any atom is -0.435 e. The number of carbonyl (C=O) groups excluding carboxylic acids is 1. The van der Waals surface area contributed by atoms with Crippen molar-refractivity contribution in [1.29, 1.82) is 0 Å². The highest BCUT2D eigenvalue weighted by atomic mass is 19.3. The molecule has 0 saturated heterocycles. The molecule has 29 heavy (non-hydrogen) atoms. The number of alkyl halides is 2. The molecular formula is C22H23F2N3O2. The highest BCUT2D eigenvalue weighted by Crippen LogP contribution is 2.40. The minimum atomic E-state index is -2.92. The molecule has 0 bridgehead atoms. The maximum absolute atomic E-state index is 13.2. The van der Waals surface area contributed by atoms with Gasteiger partial charge in [0.25, 0.3) is 5.91 Å². The second-order valence-electron chi connectivity index (χ2n) is 6.83. The fourth-order valence-electron chi connectivity index (χ4n) is 3.46. The molecular weight excluding hydrogens is 376 g/mol. The molecule has 1 amide bonds. The SMILES string of the molecule is C=CCCCc1cccc([C@@]2(c3ccc(OC(F)F)cc3)N=C(N)N(C)C2=O)c1. The quantitative estimate of drug-likeness (QED) is 0.542. The van der Waals surface area contributed by atoms with E-state index < -0.39 is 12.2 Å². The Morgan fingerprint density at radius 3 is 2.55 bits per heavy atom. The summed E-state index contributed by atoms with van der Waals surface area (Å²) in [5, 5.41) is 0. The van der Waals surface area contributed by atoms with Crippen LogP contribution in [0.4, 0.5) is 8.78 Å². The van der Waals surface area contributed by atoms with Gasteiger partial charge in [-0.15, -0.1) is 6.58 Å². The molecule has 0 saturated carbocycles. The fraction of sp³-hybridized carbons (Fsp3) is 0.273. The van der Waals surface area contributed by atoms with Gasteiger partial charge in [-0.05, 0) is 48.1 Å². The lowest BCUT2D eigenvalue weighted by molar-refractivity contribution is -0.129. The lowest BCUT2D eigenvalue weighted by atomic mass is 9.82. The largest absolute Gasteiger partial charge is 0.435 e. The molecule has 1 aliphatic rings. The Labute approximate surface area is 168 Å². The van der Waals surface area contributed by atoms with Gasteiger partial charge in [-0.3, -0.25) is 9.69 Å². The van der Waals surface area contributed by atoms with Gasteiger partial charge in [-0.25, -0.2) is 4.99 Å². The zero-order chi connectivity index (χ0) is 21.0. The van der Waals surface area contributed by atoms with E-state index in [2.05, 4.69) is 16.3 Å². The summed E-state index contributed by atoms with van der Waals surface area (Å²) in [5.74, 6) is -0.200. The van der Waals surface area contributed by atoms with Crippen LogP contribution >= 0.6 is 0 Å². The highest BCUT2D eigenvalue weighted by Gasteiger charge is 2.49. The summed E-state index contributed by atoms with van der Waals surface area (Å²) in [6.07, 6.45) is 4.54. The van der Waals surface area contributed by atoms with Gasteiger partial charge in [-0.1, -0.05) is 42.5 Å². The van der Waals surface area contributed by atoms with Gasteiger partial charge in [0.2, 0.25) is 0 Å². The zero-order valence-electron chi connectivity index (χ0n) is 16.1. The van der Waals surface area contributed by atoms with Crippen LogP contribution < -0.4 is 10.5 Å². The summed E-state index contributed by atoms with van der Waals surface area (Å²) in [4.78, 5) is 19.1. The number of hydrogen-bond acceptors (Lipinski definition) is 4. The van der Waals surface area contributed by atoms with E-state index in [1.807, 2.05) is 30.3 Å². The molecule has 152 valence electrons. The van der Waals surface area contributed by atoms with E-state index in [1.165, 1.54) is 17.0 Å². The van der Waals surface area contributed by atoms with Crippen molar-refractivity contribution < 1.29 is 18.3 Å². The summed E-state index contributed by atoms with van der Waals surface area (Å²) in [6, 6.07) is 13.6. The fourth-order valence-corrected chi connectivity index (χ4v) is 3.46. The molecule has 0 radical (unpaired) electrons. The number of amides is 1. The molecule has 0 spiro atoms. The van der Waals surface area contributed by atoms with Gasteiger partial charge >= 0.3 is 6.61 Å². The van der Waals surface area contributed by atoms with Crippen molar-refractivity contribution in [3.8, 4) is 5.75 Å². The Bertz CT molecular complexity index is 928. The van der Waals surface area contributed by atoms with Gasteiger partial charge in [0.1, 0.15) is 5.75 Å². The van der Waals surface area contributed by atoms with Crippen LogP contribution in [0, 0.1) is 0 Å². The summed E-state index contributed by atoms with van der Waals surface area (Å²) in [7, 11) is 1.56. The molecule has 0 unspecified atom stereocenters. The number of likely N-dealkylation sites (N-methyl/N-ethyl adjacent to an activating group) is 1. The number of nitrogens with zero attached hydrogens (tertiary/aromatic N) is 2. The van der Waals surface area contributed by atoms with Gasteiger partial charge in [0, 0.05) is 7.05 Å². The summed E-state index contributed by atoms with van der Waals surface area (Å²) < 4.78 is 29.4. The van der Waals surface area contributed by atoms with Crippen LogP contribution in [0.2, 0.25) is 0 Å². The molecule has 0 aromatic heterocycles. The van der Waals surface area contributed by atoms with E-state index in [4.69, 9.17) is 5.73 Å². The third kappa shape index (κ3) is 3.99. The molecule has 0 aliphatic carbocycles. The lowest BCUT2D eigenvalue weighted by Crippen LogP contribution is -2.41. The van der Waals surface area contributed by atoms with E-state index >= 15 is 0 Å². The average molecular weight is 399 g/mol. The monoisotopic (exact) mass is 399 g/mol. The van der Waals surface area contributed by atoms with E-state index in [9.17, 15) is 13.6 Å². The van der Waals surface area contributed by atoms with Crippen molar-refractivity contribution >= 4 is 11.9 Å². The Hall–Kier alpha value is -3.22. The van der Waals surface area contributed by atoms with Gasteiger partial charge in [-0.2, -0.15) is 8.78 Å². The van der Waals surface area contributed by atoms with Crippen molar-refractivity contribution in [2.24, 2.45) is 10.7 Å². The third-order valence-corrected chi connectivity index (χ3v) is 4.96. The summed E-state index contributed by atoms with van der Waals surface area (Å²) in [6.45, 7) is 0.814. The maximum Gasteiger partial charge on any atom is 0.387 e. The Morgan fingerprint density at radius 1 is 1.24 bits per heavy atom. The molecule has 2 N–H and O–H groups in total. The average Bonchev–Trinajstić information content (AvgIpc) is 2.93. The first-order chi connectivity index (χ1) is 13.9. The van der Waals surface area contributed by atoms with E-state index in [1.54, 1.807) is 19.2 Å². The lowest BCUT2D eigenvalue weighted by Gasteiger charge is -2.26. The molecule has 7 heteroatoms. The molecule has 0 fully saturated rings. The number of aliphatic imine (C=N–C) groups is 1. The predicted molar refractivity (Wildman–Crippen MR) is 108 cm³/mol. The van der Waals surface area contributed by atoms with Crippen LogP contribution in [-0.4, -0.2) is 30.4 Å². The Morgan fingerprint density at radius 2 is 1.97 bits per heavy atom. The van der Waals surface area contributed by atoms with E-state index in [0.717, 1.165) is 24.8 Å². The predicted octanol–water partition coefficient (Wildman–Crippen LogP) is 3.83. The molecule has 2 aromatic rings. The number of guanidine groups is 1. The number of unbranched alkanes of at least 4 members (excludes halogenated alkanes) is 1. The van der Waals surface area contributed by atoms with Crippen molar-refractivity contribution in [2.45, 2.75) is 31.4 Å². The van der Waals surface area contributed by atoms with Crippen molar-refractivity contribution in [3.05, 3.63) is 77.9 Å². The number of nitrogens with two attached hydrogens (primary N) is 1. The number of allylic oxidation sites excluding steroid dienone is 1.